The van der Waals surface area contributed by atoms with Crippen LogP contribution in [0.25, 0.3) is 6.08 Å². The number of hydrogen-bond donors (Lipinski definition) is 0. The van der Waals surface area contributed by atoms with Gasteiger partial charge < -0.3 is 4.90 Å². The van der Waals surface area contributed by atoms with Crippen molar-refractivity contribution in [3.05, 3.63) is 34.9 Å². The Morgan fingerprint density at radius 3 is 2.06 bits per heavy atom. The highest BCUT2D eigenvalue weighted by molar-refractivity contribution is 5.92. The molecule has 1 aromatic rings. The summed E-state index contributed by atoms with van der Waals surface area (Å²) in [5.41, 5.74) is 4.72. The summed E-state index contributed by atoms with van der Waals surface area (Å²) in [5.74, 6) is 0.0792. The van der Waals surface area contributed by atoms with E-state index in [0.717, 1.165) is 5.56 Å². The van der Waals surface area contributed by atoms with Gasteiger partial charge in [-0.15, -0.1) is 0 Å². The smallest absolute Gasteiger partial charge is 0.152 e. The van der Waals surface area contributed by atoms with Crippen molar-refractivity contribution in [1.29, 1.82) is 0 Å². The second kappa shape index (κ2) is 4.97. The van der Waals surface area contributed by atoms with Gasteiger partial charge in [-0.1, -0.05) is 6.08 Å². The van der Waals surface area contributed by atoms with E-state index in [1.807, 2.05) is 20.2 Å². The standard InChI is InChI=1S/C14H19NO/c1-10-8-13(15(4)5)9-11(2)14(10)7-6-12(3)16/h6-9H,1-5H3/b7-6+. The number of rotatable bonds is 3. The molecule has 0 amide bonds. The first-order valence-electron chi connectivity index (χ1n) is 5.39. The summed E-state index contributed by atoms with van der Waals surface area (Å²) in [6.45, 7) is 5.70. The lowest BCUT2D eigenvalue weighted by molar-refractivity contribution is -0.112. The van der Waals surface area contributed by atoms with Gasteiger partial charge in [0.25, 0.3) is 0 Å². The summed E-state index contributed by atoms with van der Waals surface area (Å²) >= 11 is 0. The van der Waals surface area contributed by atoms with Crippen molar-refractivity contribution in [3.63, 3.8) is 0 Å². The molecule has 0 unspecified atom stereocenters. The van der Waals surface area contributed by atoms with Crippen molar-refractivity contribution < 1.29 is 4.79 Å². The predicted molar refractivity (Wildman–Crippen MR) is 70.0 cm³/mol. The van der Waals surface area contributed by atoms with Crippen molar-refractivity contribution in [2.75, 3.05) is 19.0 Å². The molecular formula is C14H19NO. The zero-order valence-corrected chi connectivity index (χ0v) is 10.7. The number of carbonyl (C=O) groups excluding carboxylic acids is 1. The maximum atomic E-state index is 10.9. The molecule has 0 spiro atoms. The Labute approximate surface area is 97.6 Å². The van der Waals surface area contributed by atoms with Gasteiger partial charge in [-0.3, -0.25) is 4.79 Å². The number of hydrogen-bond acceptors (Lipinski definition) is 2. The molecule has 0 fully saturated rings. The van der Waals surface area contributed by atoms with Crippen LogP contribution in [0.4, 0.5) is 5.69 Å². The fraction of sp³-hybridized carbons (Fsp3) is 0.357. The highest BCUT2D eigenvalue weighted by atomic mass is 16.1. The van der Waals surface area contributed by atoms with E-state index in [4.69, 9.17) is 0 Å². The van der Waals surface area contributed by atoms with E-state index in [1.54, 1.807) is 13.0 Å². The Kier molecular flexibility index (Phi) is 3.88. The van der Waals surface area contributed by atoms with Crippen LogP contribution in [0, 0.1) is 13.8 Å². The van der Waals surface area contributed by atoms with Crippen LogP contribution in [0.15, 0.2) is 18.2 Å². The van der Waals surface area contributed by atoms with Crippen LogP contribution in [0.1, 0.15) is 23.6 Å². The lowest BCUT2D eigenvalue weighted by Crippen LogP contribution is -2.09. The molecule has 2 heteroatoms. The zero-order valence-electron chi connectivity index (χ0n) is 10.7. The summed E-state index contributed by atoms with van der Waals surface area (Å²) in [4.78, 5) is 13.0. The first-order valence-corrected chi connectivity index (χ1v) is 5.39. The zero-order chi connectivity index (χ0) is 12.3. The Hall–Kier alpha value is -1.57. The van der Waals surface area contributed by atoms with Crippen molar-refractivity contribution in [2.24, 2.45) is 0 Å². The molecule has 1 aromatic carbocycles. The fourth-order valence-corrected chi connectivity index (χ4v) is 1.67. The van der Waals surface area contributed by atoms with Crippen LogP contribution in [0.3, 0.4) is 0 Å². The quantitative estimate of drug-likeness (QED) is 0.725. The maximum absolute atomic E-state index is 10.9. The molecule has 1 rings (SSSR count). The normalized spacial score (nSPS) is 10.8. The third kappa shape index (κ3) is 2.96. The molecule has 0 aromatic heterocycles. The minimum Gasteiger partial charge on any atom is -0.378 e. The van der Waals surface area contributed by atoms with Gasteiger partial charge in [0.1, 0.15) is 0 Å². The van der Waals surface area contributed by atoms with Gasteiger partial charge >= 0.3 is 0 Å². The third-order valence-corrected chi connectivity index (χ3v) is 2.58. The van der Waals surface area contributed by atoms with Crippen LogP contribution in [-0.2, 0) is 4.79 Å². The van der Waals surface area contributed by atoms with E-state index >= 15 is 0 Å². The third-order valence-electron chi connectivity index (χ3n) is 2.58. The van der Waals surface area contributed by atoms with Crippen molar-refractivity contribution in [2.45, 2.75) is 20.8 Å². The van der Waals surface area contributed by atoms with Crippen molar-refractivity contribution in [3.8, 4) is 0 Å². The highest BCUT2D eigenvalue weighted by Gasteiger charge is 2.03. The molecule has 0 atom stereocenters. The molecule has 0 heterocycles. The lowest BCUT2D eigenvalue weighted by Gasteiger charge is -2.16. The minimum absolute atomic E-state index is 0.0792. The van der Waals surface area contributed by atoms with E-state index in [9.17, 15) is 4.79 Å². The molecule has 0 saturated carbocycles. The monoisotopic (exact) mass is 217 g/mol. The van der Waals surface area contributed by atoms with Gasteiger partial charge in [0, 0.05) is 19.8 Å². The number of benzene rings is 1. The number of carbonyl (C=O) groups is 1. The number of allylic oxidation sites excluding steroid dienone is 1. The molecule has 0 saturated heterocycles. The van der Waals surface area contributed by atoms with Crippen molar-refractivity contribution in [1.82, 2.24) is 0 Å². The molecule has 16 heavy (non-hydrogen) atoms. The molecule has 0 aliphatic heterocycles. The highest BCUT2D eigenvalue weighted by Crippen LogP contribution is 2.22. The first kappa shape index (κ1) is 12.5. The van der Waals surface area contributed by atoms with Crippen LogP contribution in [0.5, 0.6) is 0 Å². The Morgan fingerprint density at radius 2 is 1.69 bits per heavy atom. The van der Waals surface area contributed by atoms with Crippen LogP contribution >= 0.6 is 0 Å². The van der Waals surface area contributed by atoms with E-state index in [-0.39, 0.29) is 5.78 Å². The van der Waals surface area contributed by atoms with Gasteiger partial charge in [0.2, 0.25) is 0 Å². The van der Waals surface area contributed by atoms with Gasteiger partial charge in [0.15, 0.2) is 5.78 Å². The molecule has 0 aliphatic rings. The average molecular weight is 217 g/mol. The summed E-state index contributed by atoms with van der Waals surface area (Å²) in [7, 11) is 4.05. The molecule has 0 bridgehead atoms. The topological polar surface area (TPSA) is 20.3 Å². The first-order chi connectivity index (χ1) is 7.41. The summed E-state index contributed by atoms with van der Waals surface area (Å²) in [6.07, 6.45) is 3.51. The second-order valence-corrected chi connectivity index (χ2v) is 4.33. The molecule has 0 N–H and O–H groups in total. The van der Waals surface area contributed by atoms with E-state index in [2.05, 4.69) is 30.9 Å². The maximum Gasteiger partial charge on any atom is 0.152 e. The second-order valence-electron chi connectivity index (χ2n) is 4.33. The minimum atomic E-state index is 0.0792. The molecule has 2 nitrogen and oxygen atoms in total. The number of ketones is 1. The fourth-order valence-electron chi connectivity index (χ4n) is 1.67. The summed E-state index contributed by atoms with van der Waals surface area (Å²) < 4.78 is 0. The molecule has 86 valence electrons. The molecular weight excluding hydrogens is 198 g/mol. The van der Waals surface area contributed by atoms with Crippen LogP contribution in [0.2, 0.25) is 0 Å². The molecule has 0 radical (unpaired) electrons. The van der Waals surface area contributed by atoms with Gasteiger partial charge in [-0.25, -0.2) is 0 Å². The number of nitrogens with zero attached hydrogens (tertiary/aromatic N) is 1. The van der Waals surface area contributed by atoms with E-state index in [1.165, 1.54) is 16.8 Å². The summed E-state index contributed by atoms with van der Waals surface area (Å²) in [6, 6.07) is 4.26. The van der Waals surface area contributed by atoms with Crippen molar-refractivity contribution >= 4 is 17.5 Å². The predicted octanol–water partition coefficient (Wildman–Crippen LogP) is 2.97. The van der Waals surface area contributed by atoms with E-state index in [0.29, 0.717) is 0 Å². The van der Waals surface area contributed by atoms with E-state index < -0.39 is 0 Å². The lowest BCUT2D eigenvalue weighted by atomic mass is 10.0. The summed E-state index contributed by atoms with van der Waals surface area (Å²) in [5, 5.41) is 0. The van der Waals surface area contributed by atoms with Gasteiger partial charge in [0.05, 0.1) is 0 Å². The SMILES string of the molecule is CC(=O)/C=C/c1c(C)cc(N(C)C)cc1C. The Balaban J connectivity index is 3.17. The van der Waals surface area contributed by atoms with Gasteiger partial charge in [-0.2, -0.15) is 0 Å². The molecule has 0 aliphatic carbocycles. The Morgan fingerprint density at radius 1 is 1.19 bits per heavy atom. The number of anilines is 1. The Bertz CT molecular complexity index is 407. The average Bonchev–Trinajstić information content (AvgIpc) is 2.15. The van der Waals surface area contributed by atoms with Crippen LogP contribution in [-0.4, -0.2) is 19.9 Å². The van der Waals surface area contributed by atoms with Crippen LogP contribution < -0.4 is 4.90 Å². The van der Waals surface area contributed by atoms with Gasteiger partial charge in [-0.05, 0) is 55.7 Å². The number of aryl methyl sites for hydroxylation is 2. The largest absolute Gasteiger partial charge is 0.378 e.